The first-order chi connectivity index (χ1) is 16.0. The summed E-state index contributed by atoms with van der Waals surface area (Å²) in [5.74, 6) is -0.0285. The van der Waals surface area contributed by atoms with Crippen molar-refractivity contribution in [2.45, 2.75) is 38.3 Å². The first-order valence-electron chi connectivity index (χ1n) is 10.4. The van der Waals surface area contributed by atoms with Gasteiger partial charge in [0, 0.05) is 18.4 Å². The molecule has 1 saturated heterocycles. The molecule has 0 spiro atoms. The van der Waals surface area contributed by atoms with Crippen LogP contribution in [0.1, 0.15) is 42.2 Å². The van der Waals surface area contributed by atoms with Crippen LogP contribution in [0.3, 0.4) is 0 Å². The highest BCUT2D eigenvalue weighted by molar-refractivity contribution is 5.98. The molecule has 4 heterocycles. The Morgan fingerprint density at radius 3 is 2.85 bits per heavy atom. The Balaban J connectivity index is 1.39. The standard InChI is InChI=1S/C21H20F2N8O2/c1-13-6-7-14(33-20-19-25-10-17(18(22)23)29(19)9-8-24-20)11-30(13)21(32)15-4-2-3-5-16(15)31-27-12-26-28-31/h2-5,8-10,12-14,18H,6-7,11H2,1H3/t13-,14-/m1/s1. The number of carbonyl (C=O) groups excluding carboxylic acids is 1. The molecule has 0 aliphatic carbocycles. The summed E-state index contributed by atoms with van der Waals surface area (Å²) in [6.45, 7) is 2.29. The molecule has 0 saturated carbocycles. The van der Waals surface area contributed by atoms with Gasteiger partial charge in [-0.05, 0) is 37.1 Å². The zero-order valence-electron chi connectivity index (χ0n) is 17.6. The summed E-state index contributed by atoms with van der Waals surface area (Å²) in [7, 11) is 0. The number of amides is 1. The normalized spacial score (nSPS) is 18.7. The molecule has 1 aliphatic rings. The van der Waals surface area contributed by atoms with Crippen molar-refractivity contribution in [3.63, 3.8) is 0 Å². The summed E-state index contributed by atoms with van der Waals surface area (Å²) in [5, 5.41) is 11.7. The van der Waals surface area contributed by atoms with E-state index in [0.717, 1.165) is 6.20 Å². The summed E-state index contributed by atoms with van der Waals surface area (Å²) < 4.78 is 33.8. The molecule has 0 N–H and O–H groups in total. The van der Waals surface area contributed by atoms with Gasteiger partial charge in [0.05, 0.1) is 18.3 Å². The van der Waals surface area contributed by atoms with Crippen LogP contribution >= 0.6 is 0 Å². The van der Waals surface area contributed by atoms with Crippen LogP contribution in [-0.4, -0.2) is 64.1 Å². The van der Waals surface area contributed by atoms with E-state index in [1.807, 2.05) is 6.92 Å². The second-order valence-corrected chi connectivity index (χ2v) is 7.78. The number of rotatable bonds is 5. The quantitative estimate of drug-likeness (QED) is 0.457. The van der Waals surface area contributed by atoms with Gasteiger partial charge in [-0.25, -0.2) is 18.7 Å². The summed E-state index contributed by atoms with van der Waals surface area (Å²) in [4.78, 5) is 24.8. The SMILES string of the molecule is C[C@@H]1CC[C@@H](Oc2nccn3c(C(F)F)cnc23)CN1C(=O)c1ccccc1-n1ncnn1. The summed E-state index contributed by atoms with van der Waals surface area (Å²) in [6, 6.07) is 7.03. The smallest absolute Gasteiger partial charge is 0.280 e. The van der Waals surface area contributed by atoms with E-state index in [-0.39, 0.29) is 35.3 Å². The lowest BCUT2D eigenvalue weighted by Crippen LogP contribution is -2.49. The summed E-state index contributed by atoms with van der Waals surface area (Å²) in [5.41, 5.74) is 0.952. The van der Waals surface area contributed by atoms with Crippen LogP contribution in [0.15, 0.2) is 49.2 Å². The Morgan fingerprint density at radius 1 is 1.21 bits per heavy atom. The highest BCUT2D eigenvalue weighted by atomic mass is 19.3. The molecule has 1 amide bonds. The van der Waals surface area contributed by atoms with Crippen LogP contribution in [0, 0.1) is 0 Å². The van der Waals surface area contributed by atoms with E-state index < -0.39 is 6.43 Å². The van der Waals surface area contributed by atoms with Crippen molar-refractivity contribution in [2.75, 3.05) is 6.54 Å². The molecule has 5 rings (SSSR count). The average molecular weight is 454 g/mol. The molecule has 2 atom stereocenters. The number of fused-ring (bicyclic) bond motifs is 1. The van der Waals surface area contributed by atoms with Gasteiger partial charge in [-0.2, -0.15) is 0 Å². The van der Waals surface area contributed by atoms with Crippen molar-refractivity contribution < 1.29 is 18.3 Å². The minimum Gasteiger partial charge on any atom is -0.470 e. The van der Waals surface area contributed by atoms with Crippen LogP contribution in [0.25, 0.3) is 11.3 Å². The van der Waals surface area contributed by atoms with E-state index in [4.69, 9.17) is 4.74 Å². The number of imidazole rings is 1. The maximum atomic E-state index is 13.5. The molecule has 1 aliphatic heterocycles. The number of carbonyl (C=O) groups is 1. The van der Waals surface area contributed by atoms with E-state index in [2.05, 4.69) is 25.4 Å². The van der Waals surface area contributed by atoms with E-state index in [0.29, 0.717) is 30.6 Å². The highest BCUT2D eigenvalue weighted by Gasteiger charge is 2.32. The molecule has 0 bridgehead atoms. The van der Waals surface area contributed by atoms with Crippen molar-refractivity contribution in [3.8, 4) is 11.6 Å². The molecule has 12 heteroatoms. The molecule has 0 unspecified atom stereocenters. The lowest BCUT2D eigenvalue weighted by Gasteiger charge is -2.38. The van der Waals surface area contributed by atoms with Crippen LogP contribution in [-0.2, 0) is 0 Å². The second-order valence-electron chi connectivity index (χ2n) is 7.78. The number of likely N-dealkylation sites (tertiary alicyclic amines) is 1. The number of piperidine rings is 1. The Hall–Kier alpha value is -3.96. The predicted octanol–water partition coefficient (Wildman–Crippen LogP) is 2.71. The van der Waals surface area contributed by atoms with Gasteiger partial charge in [-0.15, -0.1) is 15.0 Å². The third kappa shape index (κ3) is 3.88. The molecule has 10 nitrogen and oxygen atoms in total. The number of benzene rings is 1. The summed E-state index contributed by atoms with van der Waals surface area (Å²) in [6.07, 6.45) is 3.59. The third-order valence-electron chi connectivity index (χ3n) is 5.72. The van der Waals surface area contributed by atoms with Crippen LogP contribution in [0.4, 0.5) is 8.78 Å². The lowest BCUT2D eigenvalue weighted by atomic mass is 9.99. The number of alkyl halides is 2. The molecule has 1 aromatic carbocycles. The van der Waals surface area contributed by atoms with Crippen molar-refractivity contribution >= 4 is 11.6 Å². The molecule has 1 fully saturated rings. The Morgan fingerprint density at radius 2 is 2.06 bits per heavy atom. The van der Waals surface area contributed by atoms with E-state index in [9.17, 15) is 13.6 Å². The van der Waals surface area contributed by atoms with Crippen molar-refractivity contribution in [1.82, 2.24) is 39.5 Å². The molecule has 4 aromatic rings. The first kappa shape index (κ1) is 20.9. The van der Waals surface area contributed by atoms with Gasteiger partial charge >= 0.3 is 0 Å². The predicted molar refractivity (Wildman–Crippen MR) is 111 cm³/mol. The highest BCUT2D eigenvalue weighted by Crippen LogP contribution is 2.28. The molecule has 170 valence electrons. The van der Waals surface area contributed by atoms with Gasteiger partial charge in [0.15, 0.2) is 6.33 Å². The van der Waals surface area contributed by atoms with Gasteiger partial charge in [0.2, 0.25) is 5.65 Å². The van der Waals surface area contributed by atoms with E-state index in [1.165, 1.54) is 27.9 Å². The van der Waals surface area contributed by atoms with Gasteiger partial charge < -0.3 is 9.64 Å². The van der Waals surface area contributed by atoms with Crippen LogP contribution < -0.4 is 4.74 Å². The Labute approximate surface area is 186 Å². The Kier molecular flexibility index (Phi) is 5.40. The molecular formula is C21H20F2N8O2. The van der Waals surface area contributed by atoms with Crippen molar-refractivity contribution in [1.29, 1.82) is 0 Å². The van der Waals surface area contributed by atoms with Gasteiger partial charge in [0.25, 0.3) is 18.2 Å². The second kappa shape index (κ2) is 8.52. The first-order valence-corrected chi connectivity index (χ1v) is 10.4. The van der Waals surface area contributed by atoms with E-state index in [1.54, 1.807) is 29.2 Å². The minimum atomic E-state index is -2.67. The van der Waals surface area contributed by atoms with Crippen molar-refractivity contribution in [3.05, 3.63) is 60.4 Å². The number of nitrogens with zero attached hydrogens (tertiary/aromatic N) is 8. The lowest BCUT2D eigenvalue weighted by molar-refractivity contribution is 0.0375. The third-order valence-corrected chi connectivity index (χ3v) is 5.72. The number of ether oxygens (including phenoxy) is 1. The van der Waals surface area contributed by atoms with Crippen LogP contribution in [0.2, 0.25) is 0 Å². The van der Waals surface area contributed by atoms with Gasteiger partial charge in [-0.3, -0.25) is 9.20 Å². The van der Waals surface area contributed by atoms with E-state index >= 15 is 0 Å². The van der Waals surface area contributed by atoms with Gasteiger partial charge in [-0.1, -0.05) is 12.1 Å². The largest absolute Gasteiger partial charge is 0.470 e. The molecule has 0 radical (unpaired) electrons. The number of hydrogen-bond acceptors (Lipinski definition) is 7. The average Bonchev–Trinajstić information content (AvgIpc) is 3.51. The molecule has 33 heavy (non-hydrogen) atoms. The zero-order chi connectivity index (χ0) is 22.9. The monoisotopic (exact) mass is 454 g/mol. The molecular weight excluding hydrogens is 434 g/mol. The maximum absolute atomic E-state index is 13.5. The van der Waals surface area contributed by atoms with Gasteiger partial charge in [0.1, 0.15) is 17.5 Å². The number of tetrazole rings is 1. The fourth-order valence-corrected chi connectivity index (χ4v) is 4.03. The maximum Gasteiger partial charge on any atom is 0.280 e. The zero-order valence-corrected chi connectivity index (χ0v) is 17.6. The number of aromatic nitrogens is 7. The summed E-state index contributed by atoms with van der Waals surface area (Å²) >= 11 is 0. The Bertz CT molecular complexity index is 1280. The number of hydrogen-bond donors (Lipinski definition) is 0. The van der Waals surface area contributed by atoms with Crippen molar-refractivity contribution in [2.24, 2.45) is 0 Å². The number of para-hydroxylation sites is 1. The molecule has 3 aromatic heterocycles. The topological polar surface area (TPSA) is 103 Å². The number of halogens is 2. The fraction of sp³-hybridized carbons (Fsp3) is 0.333. The fourth-order valence-electron chi connectivity index (χ4n) is 4.03. The minimum absolute atomic E-state index is 0.0188. The van der Waals surface area contributed by atoms with Crippen LogP contribution in [0.5, 0.6) is 5.88 Å².